The molecule has 0 saturated heterocycles. The zero-order valence-corrected chi connectivity index (χ0v) is 26.2. The number of aryl methyl sites for hydroxylation is 1. The summed E-state index contributed by atoms with van der Waals surface area (Å²) in [6, 6.07) is 6.30. The zero-order chi connectivity index (χ0) is 27.3. The minimum absolute atomic E-state index is 0. The Labute approximate surface area is 246 Å². The number of nitrogens with zero attached hydrogens (tertiary/aromatic N) is 1. The van der Waals surface area contributed by atoms with Crippen molar-refractivity contribution in [2.75, 3.05) is 28.4 Å². The van der Waals surface area contributed by atoms with Gasteiger partial charge in [-0.15, -0.1) is 11.3 Å². The number of phosphoric ester groups is 1. The van der Waals surface area contributed by atoms with E-state index in [0.717, 1.165) is 7.11 Å². The Morgan fingerprint density at radius 1 is 1.03 bits per heavy atom. The SMILES string of the molecule is CC.COc1cc(C(=O)c2c(-c3nccs3)oc3c(OP(=O)([O-])OC)c(OC)ccc23)cc(C)c1OC.[Na+]. The molecule has 0 aliphatic carbocycles. The molecule has 10 nitrogen and oxygen atoms in total. The Morgan fingerprint density at radius 2 is 1.71 bits per heavy atom. The molecule has 38 heavy (non-hydrogen) atoms. The number of hydrogen-bond donors (Lipinski definition) is 0. The van der Waals surface area contributed by atoms with Crippen molar-refractivity contribution in [1.29, 1.82) is 0 Å². The van der Waals surface area contributed by atoms with Gasteiger partial charge in [0.05, 0.1) is 26.9 Å². The third kappa shape index (κ3) is 6.26. The van der Waals surface area contributed by atoms with E-state index in [0.29, 0.717) is 33.0 Å². The third-order valence-electron chi connectivity index (χ3n) is 5.20. The van der Waals surface area contributed by atoms with Crippen molar-refractivity contribution in [3.63, 3.8) is 0 Å². The maximum absolute atomic E-state index is 13.9. The molecule has 1 atom stereocenters. The smallest absolute Gasteiger partial charge is 0.746 e. The molecule has 0 bridgehead atoms. The van der Waals surface area contributed by atoms with Crippen LogP contribution in [0.5, 0.6) is 23.0 Å². The van der Waals surface area contributed by atoms with Gasteiger partial charge in [0.25, 0.3) is 0 Å². The summed E-state index contributed by atoms with van der Waals surface area (Å²) in [5.41, 5.74) is 1.16. The number of rotatable bonds is 9. The summed E-state index contributed by atoms with van der Waals surface area (Å²) in [7, 11) is 0.578. The zero-order valence-electron chi connectivity index (χ0n) is 22.4. The normalized spacial score (nSPS) is 12.0. The van der Waals surface area contributed by atoms with Crippen LogP contribution in [-0.4, -0.2) is 39.2 Å². The van der Waals surface area contributed by atoms with Gasteiger partial charge in [0, 0.05) is 29.6 Å². The summed E-state index contributed by atoms with van der Waals surface area (Å²) in [4.78, 5) is 30.3. The van der Waals surface area contributed by atoms with E-state index in [-0.39, 0.29) is 58.0 Å². The first-order valence-corrected chi connectivity index (χ1v) is 13.5. The molecule has 0 spiro atoms. The molecule has 4 rings (SSSR count). The molecular weight excluding hydrogens is 544 g/mol. The van der Waals surface area contributed by atoms with Gasteiger partial charge in [0.2, 0.25) is 5.75 Å². The van der Waals surface area contributed by atoms with Crippen LogP contribution in [0.25, 0.3) is 21.7 Å². The van der Waals surface area contributed by atoms with Gasteiger partial charge in [-0.2, -0.15) is 0 Å². The number of hydrogen-bond acceptors (Lipinski definition) is 11. The van der Waals surface area contributed by atoms with E-state index in [2.05, 4.69) is 9.51 Å². The van der Waals surface area contributed by atoms with Crippen molar-refractivity contribution in [3.05, 3.63) is 52.5 Å². The van der Waals surface area contributed by atoms with E-state index < -0.39 is 13.6 Å². The second-order valence-corrected chi connectivity index (χ2v) is 9.53. The molecule has 4 aromatic rings. The van der Waals surface area contributed by atoms with E-state index in [9.17, 15) is 14.3 Å². The maximum Gasteiger partial charge on any atom is 1.00 e. The predicted octanol–water partition coefficient (Wildman–Crippen LogP) is 2.65. The van der Waals surface area contributed by atoms with Crippen molar-refractivity contribution >= 4 is 35.9 Å². The Morgan fingerprint density at radius 3 is 2.26 bits per heavy atom. The quantitative estimate of drug-likeness (QED) is 0.168. The van der Waals surface area contributed by atoms with E-state index in [1.807, 2.05) is 13.8 Å². The molecule has 13 heteroatoms. The molecule has 0 radical (unpaired) electrons. The number of phosphoric acid groups is 1. The average Bonchev–Trinajstić information content (AvgIpc) is 3.57. The number of ether oxygens (including phenoxy) is 3. The van der Waals surface area contributed by atoms with Gasteiger partial charge >= 0.3 is 37.4 Å². The van der Waals surface area contributed by atoms with Crippen LogP contribution in [0.2, 0.25) is 0 Å². The molecule has 0 saturated carbocycles. The largest absolute Gasteiger partial charge is 1.00 e. The van der Waals surface area contributed by atoms with Gasteiger partial charge in [-0.05, 0) is 36.8 Å². The summed E-state index contributed by atoms with van der Waals surface area (Å²) < 4.78 is 43.8. The predicted molar refractivity (Wildman–Crippen MR) is 138 cm³/mol. The van der Waals surface area contributed by atoms with E-state index >= 15 is 0 Å². The van der Waals surface area contributed by atoms with Crippen molar-refractivity contribution < 1.29 is 71.5 Å². The Bertz CT molecular complexity index is 1450. The number of furan rings is 1. The topological polar surface area (TPSA) is 129 Å². The first kappa shape index (κ1) is 31.8. The first-order valence-electron chi connectivity index (χ1n) is 11.1. The van der Waals surface area contributed by atoms with Crippen molar-refractivity contribution in [2.45, 2.75) is 20.8 Å². The molecule has 198 valence electrons. The molecule has 2 heterocycles. The van der Waals surface area contributed by atoms with E-state index in [4.69, 9.17) is 23.2 Å². The van der Waals surface area contributed by atoms with Gasteiger partial charge in [-0.25, -0.2) is 4.98 Å². The number of fused-ring (bicyclic) bond motifs is 1. The second kappa shape index (κ2) is 13.6. The molecule has 1 unspecified atom stereocenters. The number of ketones is 1. The van der Waals surface area contributed by atoms with Gasteiger partial charge in [0.1, 0.15) is 0 Å². The minimum Gasteiger partial charge on any atom is -0.746 e. The Balaban J connectivity index is 0.00000165. The molecule has 0 fully saturated rings. The summed E-state index contributed by atoms with van der Waals surface area (Å²) in [5, 5.41) is 2.45. The standard InChI is InChI=1S/C23H22NO9PS.C2H6.Na/c1-12-10-13(11-16(29-3)19(12)30-4)18(25)17-14-6-7-15(28-2)21(33-34(26,27)31-5)20(14)32-22(17)23-24-8-9-35-23;1-2;/h6-11H,1-5H3,(H,26,27);1-2H3;/q;;+1/p-1. The average molecular weight is 572 g/mol. The first-order chi connectivity index (χ1) is 17.7. The minimum atomic E-state index is -4.73. The van der Waals surface area contributed by atoms with Crippen LogP contribution in [-0.2, 0) is 9.09 Å². The fourth-order valence-corrected chi connectivity index (χ4v) is 4.75. The van der Waals surface area contributed by atoms with E-state index in [1.54, 1.807) is 36.7 Å². The molecule has 2 aromatic heterocycles. The monoisotopic (exact) mass is 571 g/mol. The molecule has 0 aliphatic heterocycles. The van der Waals surface area contributed by atoms with Gasteiger partial charge in [-0.3, -0.25) is 9.36 Å². The molecule has 0 aliphatic rings. The van der Waals surface area contributed by atoms with Crippen molar-refractivity contribution in [3.8, 4) is 33.8 Å². The fraction of sp³-hybridized carbons (Fsp3) is 0.280. The van der Waals surface area contributed by atoms with Crippen LogP contribution in [0.4, 0.5) is 0 Å². The summed E-state index contributed by atoms with van der Waals surface area (Å²) >= 11 is 1.25. The number of aromatic nitrogens is 1. The number of carbonyl (C=O) groups excluding carboxylic acids is 1. The third-order valence-corrected chi connectivity index (χ3v) is 6.83. The number of thiazole rings is 1. The van der Waals surface area contributed by atoms with Gasteiger partial charge in [-0.1, -0.05) is 13.8 Å². The fourth-order valence-electron chi connectivity index (χ4n) is 3.66. The van der Waals surface area contributed by atoms with Crippen LogP contribution in [0.15, 0.2) is 40.3 Å². The molecule has 2 aromatic carbocycles. The number of benzene rings is 2. The maximum atomic E-state index is 13.9. The second-order valence-electron chi connectivity index (χ2n) is 7.20. The van der Waals surface area contributed by atoms with Crippen molar-refractivity contribution in [1.82, 2.24) is 4.98 Å². The van der Waals surface area contributed by atoms with Crippen LogP contribution in [0, 0.1) is 6.92 Å². The molecule has 0 N–H and O–H groups in total. The van der Waals surface area contributed by atoms with Gasteiger partial charge in [0.15, 0.2) is 39.4 Å². The Hall–Kier alpha value is -2.37. The molecular formula is C25H27NNaO9PS. The van der Waals surface area contributed by atoms with E-state index in [1.165, 1.54) is 38.7 Å². The summed E-state index contributed by atoms with van der Waals surface area (Å²) in [5.74, 6) is 0.483. The number of carbonyl (C=O) groups is 1. The van der Waals surface area contributed by atoms with Crippen LogP contribution >= 0.6 is 19.2 Å². The van der Waals surface area contributed by atoms with Crippen LogP contribution in [0.3, 0.4) is 0 Å². The molecule has 0 amide bonds. The summed E-state index contributed by atoms with van der Waals surface area (Å²) in [6.07, 6.45) is 1.57. The number of methoxy groups -OCH3 is 3. The van der Waals surface area contributed by atoms with Crippen LogP contribution in [0.1, 0.15) is 35.3 Å². The Kier molecular flexibility index (Phi) is 11.4. The van der Waals surface area contributed by atoms with Crippen LogP contribution < -0.4 is 53.2 Å². The van der Waals surface area contributed by atoms with Gasteiger partial charge < -0.3 is 32.6 Å². The van der Waals surface area contributed by atoms with Crippen molar-refractivity contribution in [2.24, 2.45) is 0 Å². The summed E-state index contributed by atoms with van der Waals surface area (Å²) in [6.45, 7) is 5.79.